The zero-order chi connectivity index (χ0) is 8.77. The van der Waals surface area contributed by atoms with E-state index in [2.05, 4.69) is 6.92 Å². The fourth-order valence-electron chi connectivity index (χ4n) is 2.11. The third-order valence-electron chi connectivity index (χ3n) is 2.66. The maximum absolute atomic E-state index is 11.2. The Balaban J connectivity index is 1.84. The molecule has 1 aliphatic heterocycles. The van der Waals surface area contributed by atoms with Crippen molar-refractivity contribution in [1.82, 2.24) is 0 Å². The highest BCUT2D eigenvalue weighted by atomic mass is 16.7. The van der Waals surface area contributed by atoms with E-state index < -0.39 is 0 Å². The molecule has 2 fully saturated rings. The Kier molecular flexibility index (Phi) is 1.65. The fourth-order valence-corrected chi connectivity index (χ4v) is 2.11. The van der Waals surface area contributed by atoms with Crippen LogP contribution in [0.15, 0.2) is 0 Å². The SMILES string of the molecule is CCOC(=O)C1OC12CC(C)C2. The molecule has 1 unspecified atom stereocenters. The van der Waals surface area contributed by atoms with Crippen LogP contribution in [0.1, 0.15) is 26.7 Å². The molecule has 2 rings (SSSR count). The van der Waals surface area contributed by atoms with E-state index in [0.717, 1.165) is 12.8 Å². The normalized spacial score (nSPS) is 43.8. The first-order valence-corrected chi connectivity index (χ1v) is 4.52. The predicted octanol–water partition coefficient (Wildman–Crippen LogP) is 1.12. The van der Waals surface area contributed by atoms with Crippen LogP contribution >= 0.6 is 0 Å². The van der Waals surface area contributed by atoms with Gasteiger partial charge in [-0.25, -0.2) is 4.79 Å². The number of epoxide rings is 1. The van der Waals surface area contributed by atoms with E-state index in [9.17, 15) is 4.79 Å². The lowest BCUT2D eigenvalue weighted by Crippen LogP contribution is -2.35. The average Bonchev–Trinajstić information content (AvgIpc) is 2.63. The van der Waals surface area contributed by atoms with E-state index in [1.54, 1.807) is 0 Å². The summed E-state index contributed by atoms with van der Waals surface area (Å²) >= 11 is 0. The summed E-state index contributed by atoms with van der Waals surface area (Å²) in [6.07, 6.45) is 1.81. The lowest BCUT2D eigenvalue weighted by atomic mass is 9.74. The summed E-state index contributed by atoms with van der Waals surface area (Å²) in [5, 5.41) is 0. The van der Waals surface area contributed by atoms with Gasteiger partial charge in [-0.05, 0) is 25.7 Å². The molecule has 0 aromatic rings. The van der Waals surface area contributed by atoms with Gasteiger partial charge >= 0.3 is 5.97 Å². The van der Waals surface area contributed by atoms with Crippen LogP contribution in [0.5, 0.6) is 0 Å². The monoisotopic (exact) mass is 170 g/mol. The minimum atomic E-state index is -0.242. The standard InChI is InChI=1S/C9H14O3/c1-3-11-8(10)7-9(12-7)4-6(2)5-9/h6-7H,3-5H2,1-2H3. The molecule has 1 aliphatic carbocycles. The first-order valence-electron chi connectivity index (χ1n) is 4.52. The number of rotatable bonds is 2. The van der Waals surface area contributed by atoms with Crippen molar-refractivity contribution in [2.24, 2.45) is 5.92 Å². The quantitative estimate of drug-likeness (QED) is 0.460. The number of hydrogen-bond donors (Lipinski definition) is 0. The van der Waals surface area contributed by atoms with Gasteiger partial charge in [-0.15, -0.1) is 0 Å². The minimum absolute atomic E-state index is 0.0916. The molecule has 1 heterocycles. The maximum Gasteiger partial charge on any atom is 0.338 e. The smallest absolute Gasteiger partial charge is 0.338 e. The number of esters is 1. The molecule has 1 atom stereocenters. The molecule has 1 saturated heterocycles. The lowest BCUT2D eigenvalue weighted by Gasteiger charge is -2.29. The highest BCUT2D eigenvalue weighted by Crippen LogP contribution is 2.55. The molecular formula is C9H14O3. The Morgan fingerprint density at radius 3 is 2.83 bits per heavy atom. The first kappa shape index (κ1) is 8.05. The summed E-state index contributed by atoms with van der Waals surface area (Å²) in [5.74, 6) is 0.536. The van der Waals surface area contributed by atoms with Crippen LogP contribution in [0.3, 0.4) is 0 Å². The number of ether oxygens (including phenoxy) is 2. The third kappa shape index (κ3) is 1.04. The summed E-state index contributed by atoms with van der Waals surface area (Å²) in [7, 11) is 0. The summed E-state index contributed by atoms with van der Waals surface area (Å²) in [5.41, 5.74) is -0.0916. The molecule has 3 heteroatoms. The lowest BCUT2D eigenvalue weighted by molar-refractivity contribution is -0.144. The highest BCUT2D eigenvalue weighted by Gasteiger charge is 2.66. The zero-order valence-electron chi connectivity index (χ0n) is 7.50. The van der Waals surface area contributed by atoms with Crippen LogP contribution in [0.25, 0.3) is 0 Å². The Morgan fingerprint density at radius 1 is 1.67 bits per heavy atom. The Bertz CT molecular complexity index is 206. The molecule has 3 nitrogen and oxygen atoms in total. The molecular weight excluding hydrogens is 156 g/mol. The van der Waals surface area contributed by atoms with Gasteiger partial charge in [0.25, 0.3) is 0 Å². The van der Waals surface area contributed by atoms with E-state index in [-0.39, 0.29) is 17.7 Å². The van der Waals surface area contributed by atoms with Crippen LogP contribution in [0.2, 0.25) is 0 Å². The second-order valence-electron chi connectivity index (χ2n) is 3.83. The number of hydrogen-bond acceptors (Lipinski definition) is 3. The van der Waals surface area contributed by atoms with E-state index in [4.69, 9.17) is 9.47 Å². The molecule has 1 spiro atoms. The molecule has 0 N–H and O–H groups in total. The van der Waals surface area contributed by atoms with Crippen LogP contribution in [0, 0.1) is 5.92 Å². The van der Waals surface area contributed by atoms with Gasteiger partial charge in [0.1, 0.15) is 5.60 Å². The molecule has 12 heavy (non-hydrogen) atoms. The van der Waals surface area contributed by atoms with Crippen molar-refractivity contribution in [2.45, 2.75) is 38.4 Å². The highest BCUT2D eigenvalue weighted by molar-refractivity contribution is 5.79. The third-order valence-corrected chi connectivity index (χ3v) is 2.66. The molecule has 0 aromatic carbocycles. The van der Waals surface area contributed by atoms with Gasteiger partial charge in [0.15, 0.2) is 6.10 Å². The van der Waals surface area contributed by atoms with Crippen molar-refractivity contribution in [2.75, 3.05) is 6.61 Å². The molecule has 0 amide bonds. The van der Waals surface area contributed by atoms with E-state index in [0.29, 0.717) is 12.5 Å². The van der Waals surface area contributed by atoms with Gasteiger partial charge in [-0.1, -0.05) is 6.92 Å². The van der Waals surface area contributed by atoms with Gasteiger partial charge in [0.2, 0.25) is 0 Å². The number of carbonyl (C=O) groups excluding carboxylic acids is 1. The first-order chi connectivity index (χ1) is 5.68. The van der Waals surface area contributed by atoms with Gasteiger partial charge in [0.05, 0.1) is 6.61 Å². The van der Waals surface area contributed by atoms with Crippen molar-refractivity contribution >= 4 is 5.97 Å². The van der Waals surface area contributed by atoms with Gasteiger partial charge in [0, 0.05) is 0 Å². The van der Waals surface area contributed by atoms with Gasteiger partial charge < -0.3 is 9.47 Å². The molecule has 0 radical (unpaired) electrons. The molecule has 1 saturated carbocycles. The Hall–Kier alpha value is -0.570. The van der Waals surface area contributed by atoms with E-state index in [1.165, 1.54) is 0 Å². The van der Waals surface area contributed by atoms with Crippen molar-refractivity contribution < 1.29 is 14.3 Å². The van der Waals surface area contributed by atoms with Crippen molar-refractivity contribution in [3.05, 3.63) is 0 Å². The minimum Gasteiger partial charge on any atom is -0.464 e. The summed E-state index contributed by atoms with van der Waals surface area (Å²) < 4.78 is 10.2. The van der Waals surface area contributed by atoms with Crippen LogP contribution in [0.4, 0.5) is 0 Å². The van der Waals surface area contributed by atoms with Crippen molar-refractivity contribution in [3.8, 4) is 0 Å². The zero-order valence-corrected chi connectivity index (χ0v) is 7.50. The molecule has 0 aromatic heterocycles. The van der Waals surface area contributed by atoms with Crippen LogP contribution < -0.4 is 0 Å². The van der Waals surface area contributed by atoms with Crippen molar-refractivity contribution in [1.29, 1.82) is 0 Å². The van der Waals surface area contributed by atoms with Crippen molar-refractivity contribution in [3.63, 3.8) is 0 Å². The molecule has 68 valence electrons. The topological polar surface area (TPSA) is 38.8 Å². The molecule has 2 aliphatic rings. The predicted molar refractivity (Wildman–Crippen MR) is 42.6 cm³/mol. The fraction of sp³-hybridized carbons (Fsp3) is 0.889. The second kappa shape index (κ2) is 2.46. The second-order valence-corrected chi connectivity index (χ2v) is 3.83. The largest absolute Gasteiger partial charge is 0.464 e. The maximum atomic E-state index is 11.2. The van der Waals surface area contributed by atoms with E-state index >= 15 is 0 Å². The summed E-state index contributed by atoms with van der Waals surface area (Å²) in [6.45, 7) is 4.44. The molecule has 0 bridgehead atoms. The Labute approximate surface area is 72.0 Å². The van der Waals surface area contributed by atoms with Crippen LogP contribution in [-0.4, -0.2) is 24.3 Å². The van der Waals surface area contributed by atoms with Gasteiger partial charge in [-0.2, -0.15) is 0 Å². The summed E-state index contributed by atoms with van der Waals surface area (Å²) in [6, 6.07) is 0. The van der Waals surface area contributed by atoms with Crippen LogP contribution in [-0.2, 0) is 14.3 Å². The van der Waals surface area contributed by atoms with E-state index in [1.807, 2.05) is 6.92 Å². The van der Waals surface area contributed by atoms with Gasteiger partial charge in [-0.3, -0.25) is 0 Å². The Morgan fingerprint density at radius 2 is 2.33 bits per heavy atom. The summed E-state index contributed by atoms with van der Waals surface area (Å²) in [4.78, 5) is 11.2. The average molecular weight is 170 g/mol. The number of carbonyl (C=O) groups is 1.